The zero-order valence-corrected chi connectivity index (χ0v) is 11.9. The fourth-order valence-corrected chi connectivity index (χ4v) is 1.57. The summed E-state index contributed by atoms with van der Waals surface area (Å²) in [6.45, 7) is 2.46. The van der Waals surface area contributed by atoms with E-state index in [0.717, 1.165) is 11.1 Å². The molecule has 1 atom stereocenters. The zero-order chi connectivity index (χ0) is 13.4. The number of alkyl halides is 1. The van der Waals surface area contributed by atoms with Crippen LogP contribution in [0.4, 0.5) is 0 Å². The standard InChI is InChI=1S/C13H18BrNO3/c1-2-11(9-16)15-13(17)10-3-5-12(6-4-10)18-8-7-14/h3-6,11,16H,2,7-9H2,1H3,(H,15,17). The lowest BCUT2D eigenvalue weighted by molar-refractivity contribution is 0.0915. The Bertz CT molecular complexity index is 363. The highest BCUT2D eigenvalue weighted by Crippen LogP contribution is 2.12. The third kappa shape index (κ3) is 4.66. The predicted molar refractivity (Wildman–Crippen MR) is 74.4 cm³/mol. The first-order valence-electron chi connectivity index (χ1n) is 5.91. The molecule has 0 fully saturated rings. The third-order valence-corrected chi connectivity index (χ3v) is 2.83. The normalized spacial score (nSPS) is 11.9. The SMILES string of the molecule is CCC(CO)NC(=O)c1ccc(OCCBr)cc1. The molecule has 18 heavy (non-hydrogen) atoms. The molecule has 1 unspecified atom stereocenters. The Balaban J connectivity index is 2.58. The van der Waals surface area contributed by atoms with Crippen LogP contribution in [-0.4, -0.2) is 35.6 Å². The fourth-order valence-electron chi connectivity index (χ4n) is 1.40. The second-order valence-corrected chi connectivity index (χ2v) is 4.62. The minimum absolute atomic E-state index is 0.0469. The van der Waals surface area contributed by atoms with Gasteiger partial charge in [0.2, 0.25) is 0 Å². The predicted octanol–water partition coefficient (Wildman–Crippen LogP) is 1.96. The van der Waals surface area contributed by atoms with Crippen LogP contribution in [0.3, 0.4) is 0 Å². The summed E-state index contributed by atoms with van der Waals surface area (Å²) < 4.78 is 5.39. The van der Waals surface area contributed by atoms with Gasteiger partial charge in [0.25, 0.3) is 5.91 Å². The molecule has 1 rings (SSSR count). The first-order chi connectivity index (χ1) is 8.71. The lowest BCUT2D eigenvalue weighted by atomic mass is 10.1. The summed E-state index contributed by atoms with van der Waals surface area (Å²) in [5.74, 6) is 0.558. The molecule has 4 nitrogen and oxygen atoms in total. The van der Waals surface area contributed by atoms with Gasteiger partial charge in [0.05, 0.1) is 19.3 Å². The van der Waals surface area contributed by atoms with Crippen molar-refractivity contribution in [3.05, 3.63) is 29.8 Å². The summed E-state index contributed by atoms with van der Waals surface area (Å²) in [4.78, 5) is 11.8. The van der Waals surface area contributed by atoms with Crippen molar-refractivity contribution in [2.24, 2.45) is 0 Å². The van der Waals surface area contributed by atoms with Gasteiger partial charge in [0.15, 0.2) is 0 Å². The lowest BCUT2D eigenvalue weighted by Crippen LogP contribution is -2.36. The Labute approximate surface area is 115 Å². The van der Waals surface area contributed by atoms with Gasteiger partial charge in [0.1, 0.15) is 5.75 Å². The Morgan fingerprint density at radius 3 is 2.61 bits per heavy atom. The third-order valence-electron chi connectivity index (χ3n) is 2.51. The number of aliphatic hydroxyl groups excluding tert-OH is 1. The molecule has 0 saturated carbocycles. The molecule has 0 heterocycles. The maximum Gasteiger partial charge on any atom is 0.251 e. The highest BCUT2D eigenvalue weighted by atomic mass is 79.9. The molecule has 100 valence electrons. The average molecular weight is 316 g/mol. The molecule has 1 aromatic carbocycles. The monoisotopic (exact) mass is 315 g/mol. The Hall–Kier alpha value is -1.07. The number of hydrogen-bond donors (Lipinski definition) is 2. The van der Waals surface area contributed by atoms with Crippen LogP contribution in [0, 0.1) is 0 Å². The zero-order valence-electron chi connectivity index (χ0n) is 10.4. The molecule has 1 amide bonds. The number of nitrogens with one attached hydrogen (secondary N) is 1. The number of carbonyl (C=O) groups is 1. The number of rotatable bonds is 7. The van der Waals surface area contributed by atoms with Crippen molar-refractivity contribution in [2.45, 2.75) is 19.4 Å². The molecule has 0 saturated heterocycles. The summed E-state index contributed by atoms with van der Waals surface area (Å²) >= 11 is 3.27. The Morgan fingerprint density at radius 1 is 1.44 bits per heavy atom. The van der Waals surface area contributed by atoms with E-state index < -0.39 is 0 Å². The summed E-state index contributed by atoms with van der Waals surface area (Å²) in [5.41, 5.74) is 0.563. The maximum absolute atomic E-state index is 11.8. The first-order valence-corrected chi connectivity index (χ1v) is 7.04. The quantitative estimate of drug-likeness (QED) is 0.756. The average Bonchev–Trinajstić information content (AvgIpc) is 2.42. The highest BCUT2D eigenvalue weighted by molar-refractivity contribution is 9.09. The molecule has 0 aliphatic rings. The van der Waals surface area contributed by atoms with E-state index in [1.807, 2.05) is 6.92 Å². The van der Waals surface area contributed by atoms with Gasteiger partial charge in [0, 0.05) is 10.9 Å². The molecule has 0 aliphatic carbocycles. The second-order valence-electron chi connectivity index (χ2n) is 3.82. The molecule has 5 heteroatoms. The van der Waals surface area contributed by atoms with Crippen LogP contribution in [0.5, 0.6) is 5.75 Å². The highest BCUT2D eigenvalue weighted by Gasteiger charge is 2.10. The van der Waals surface area contributed by atoms with Crippen LogP contribution < -0.4 is 10.1 Å². The molecule has 1 aromatic rings. The van der Waals surface area contributed by atoms with Gasteiger partial charge >= 0.3 is 0 Å². The number of hydrogen-bond acceptors (Lipinski definition) is 3. The van der Waals surface area contributed by atoms with Crippen LogP contribution >= 0.6 is 15.9 Å². The summed E-state index contributed by atoms with van der Waals surface area (Å²) in [6.07, 6.45) is 0.703. The maximum atomic E-state index is 11.8. The minimum Gasteiger partial charge on any atom is -0.493 e. The molecule has 2 N–H and O–H groups in total. The topological polar surface area (TPSA) is 58.6 Å². The van der Waals surface area contributed by atoms with E-state index in [-0.39, 0.29) is 18.6 Å². The molecule has 0 spiro atoms. The van der Waals surface area contributed by atoms with Crippen molar-refractivity contribution in [2.75, 3.05) is 18.5 Å². The van der Waals surface area contributed by atoms with Gasteiger partial charge in [-0.3, -0.25) is 4.79 Å². The summed E-state index contributed by atoms with van der Waals surface area (Å²) in [5, 5.41) is 12.5. The van der Waals surface area contributed by atoms with Crippen LogP contribution in [0.1, 0.15) is 23.7 Å². The fraction of sp³-hybridized carbons (Fsp3) is 0.462. The van der Waals surface area contributed by atoms with E-state index in [0.29, 0.717) is 18.6 Å². The molecule has 0 radical (unpaired) electrons. The molecular weight excluding hydrogens is 298 g/mol. The van der Waals surface area contributed by atoms with Crippen LogP contribution in [-0.2, 0) is 0 Å². The van der Waals surface area contributed by atoms with E-state index in [1.165, 1.54) is 0 Å². The van der Waals surface area contributed by atoms with Gasteiger partial charge in [-0.2, -0.15) is 0 Å². The van der Waals surface area contributed by atoms with Crippen molar-refractivity contribution >= 4 is 21.8 Å². The number of benzene rings is 1. The first kappa shape index (κ1) is 15.0. The van der Waals surface area contributed by atoms with E-state index in [9.17, 15) is 4.79 Å². The number of aliphatic hydroxyl groups is 1. The van der Waals surface area contributed by atoms with E-state index in [2.05, 4.69) is 21.2 Å². The molecular formula is C13H18BrNO3. The molecule has 0 bridgehead atoms. The van der Waals surface area contributed by atoms with Gasteiger partial charge in [-0.25, -0.2) is 0 Å². The Morgan fingerprint density at radius 2 is 2.11 bits per heavy atom. The van der Waals surface area contributed by atoms with Gasteiger partial charge in [-0.1, -0.05) is 22.9 Å². The number of ether oxygens (including phenoxy) is 1. The summed E-state index contributed by atoms with van der Waals surface area (Å²) in [7, 11) is 0. The number of halogens is 1. The van der Waals surface area contributed by atoms with Crippen molar-refractivity contribution in [1.82, 2.24) is 5.32 Å². The van der Waals surface area contributed by atoms with Crippen LogP contribution in [0.25, 0.3) is 0 Å². The second kappa shape index (κ2) is 8.11. The number of amides is 1. The van der Waals surface area contributed by atoms with Crippen LogP contribution in [0.2, 0.25) is 0 Å². The van der Waals surface area contributed by atoms with Crippen molar-refractivity contribution in [3.63, 3.8) is 0 Å². The summed E-state index contributed by atoms with van der Waals surface area (Å²) in [6, 6.07) is 6.75. The minimum atomic E-state index is -0.193. The van der Waals surface area contributed by atoms with Gasteiger partial charge < -0.3 is 15.2 Å². The lowest BCUT2D eigenvalue weighted by Gasteiger charge is -2.14. The Kier molecular flexibility index (Phi) is 6.75. The largest absolute Gasteiger partial charge is 0.493 e. The van der Waals surface area contributed by atoms with Gasteiger partial charge in [-0.05, 0) is 30.7 Å². The van der Waals surface area contributed by atoms with E-state index in [1.54, 1.807) is 24.3 Å². The van der Waals surface area contributed by atoms with Crippen molar-refractivity contribution in [3.8, 4) is 5.75 Å². The smallest absolute Gasteiger partial charge is 0.251 e. The number of carbonyl (C=O) groups excluding carboxylic acids is 1. The van der Waals surface area contributed by atoms with Crippen molar-refractivity contribution in [1.29, 1.82) is 0 Å². The van der Waals surface area contributed by atoms with Crippen molar-refractivity contribution < 1.29 is 14.6 Å². The molecule has 0 aromatic heterocycles. The van der Waals surface area contributed by atoms with Gasteiger partial charge in [-0.15, -0.1) is 0 Å². The molecule has 0 aliphatic heterocycles. The van der Waals surface area contributed by atoms with E-state index in [4.69, 9.17) is 9.84 Å². The van der Waals surface area contributed by atoms with Crippen LogP contribution in [0.15, 0.2) is 24.3 Å². The van der Waals surface area contributed by atoms with E-state index >= 15 is 0 Å².